The van der Waals surface area contributed by atoms with E-state index in [-0.39, 0.29) is 0 Å². The summed E-state index contributed by atoms with van der Waals surface area (Å²) in [6, 6.07) is 2.11. The van der Waals surface area contributed by atoms with Crippen molar-refractivity contribution in [3.05, 3.63) is 21.9 Å². The first kappa shape index (κ1) is 9.55. The zero-order valence-electron chi connectivity index (χ0n) is 8.46. The number of thiophene rings is 1. The number of aromatic nitrogens is 2. The van der Waals surface area contributed by atoms with Crippen LogP contribution in [0.2, 0.25) is 5.15 Å². The van der Waals surface area contributed by atoms with Crippen molar-refractivity contribution in [2.24, 2.45) is 0 Å². The Morgan fingerprint density at radius 1 is 1.47 bits per heavy atom. The van der Waals surface area contributed by atoms with E-state index in [9.17, 15) is 0 Å². The molecule has 0 bridgehead atoms. The van der Waals surface area contributed by atoms with Crippen LogP contribution < -0.4 is 0 Å². The van der Waals surface area contributed by atoms with Crippen molar-refractivity contribution in [3.63, 3.8) is 0 Å². The molecule has 3 rings (SSSR count). The molecule has 1 fully saturated rings. The van der Waals surface area contributed by atoms with Crippen molar-refractivity contribution in [2.45, 2.75) is 32.1 Å². The molecule has 0 radical (unpaired) electrons. The molecule has 1 saturated carbocycles. The maximum Gasteiger partial charge on any atom is 0.141 e. The van der Waals surface area contributed by atoms with Crippen LogP contribution in [0.3, 0.4) is 0 Å². The van der Waals surface area contributed by atoms with Gasteiger partial charge in [0.1, 0.15) is 15.8 Å². The standard InChI is InChI=1S/C11H11ClN2S/c1-2-7-5-8-9(12)13-10(6-3-4-6)14-11(8)15-7/h5-6H,2-4H2,1H3. The fourth-order valence-corrected chi connectivity index (χ4v) is 2.91. The molecule has 0 unspecified atom stereocenters. The van der Waals surface area contributed by atoms with Gasteiger partial charge in [-0.3, -0.25) is 0 Å². The summed E-state index contributed by atoms with van der Waals surface area (Å²) < 4.78 is 0. The molecule has 1 aliphatic carbocycles. The Morgan fingerprint density at radius 3 is 2.93 bits per heavy atom. The van der Waals surface area contributed by atoms with Crippen LogP contribution in [0.25, 0.3) is 10.2 Å². The number of aryl methyl sites for hydroxylation is 1. The topological polar surface area (TPSA) is 25.8 Å². The van der Waals surface area contributed by atoms with Gasteiger partial charge in [-0.1, -0.05) is 18.5 Å². The monoisotopic (exact) mass is 238 g/mol. The van der Waals surface area contributed by atoms with Gasteiger partial charge in [0, 0.05) is 16.2 Å². The zero-order chi connectivity index (χ0) is 10.4. The molecule has 0 N–H and O–H groups in total. The SMILES string of the molecule is CCc1cc2c(Cl)nc(C3CC3)nc2s1. The van der Waals surface area contributed by atoms with Gasteiger partial charge in [-0.15, -0.1) is 11.3 Å². The highest BCUT2D eigenvalue weighted by Crippen LogP contribution is 2.40. The summed E-state index contributed by atoms with van der Waals surface area (Å²) in [5.41, 5.74) is 0. The quantitative estimate of drug-likeness (QED) is 0.744. The van der Waals surface area contributed by atoms with Gasteiger partial charge >= 0.3 is 0 Å². The molecule has 0 atom stereocenters. The maximum atomic E-state index is 6.16. The molecular formula is C11H11ClN2S. The Morgan fingerprint density at radius 2 is 2.27 bits per heavy atom. The fourth-order valence-electron chi connectivity index (χ4n) is 1.65. The van der Waals surface area contributed by atoms with Crippen LogP contribution in [0, 0.1) is 0 Å². The van der Waals surface area contributed by atoms with E-state index in [1.807, 2.05) is 0 Å². The first-order valence-corrected chi connectivity index (χ1v) is 6.43. The molecule has 2 nitrogen and oxygen atoms in total. The van der Waals surface area contributed by atoms with Crippen LogP contribution in [-0.4, -0.2) is 9.97 Å². The summed E-state index contributed by atoms with van der Waals surface area (Å²) in [7, 11) is 0. The molecule has 78 valence electrons. The van der Waals surface area contributed by atoms with Gasteiger partial charge in [-0.25, -0.2) is 9.97 Å². The third kappa shape index (κ3) is 1.64. The lowest BCUT2D eigenvalue weighted by Crippen LogP contribution is -1.91. The van der Waals surface area contributed by atoms with Gasteiger partial charge in [-0.2, -0.15) is 0 Å². The van der Waals surface area contributed by atoms with Gasteiger partial charge in [0.2, 0.25) is 0 Å². The van der Waals surface area contributed by atoms with Crippen LogP contribution in [0.1, 0.15) is 36.4 Å². The van der Waals surface area contributed by atoms with Gasteiger partial charge in [0.05, 0.1) is 0 Å². The second kappa shape index (κ2) is 3.42. The predicted molar refractivity (Wildman–Crippen MR) is 63.8 cm³/mol. The van der Waals surface area contributed by atoms with E-state index in [0.717, 1.165) is 22.5 Å². The summed E-state index contributed by atoms with van der Waals surface area (Å²) in [5.74, 6) is 1.51. The van der Waals surface area contributed by atoms with Gasteiger partial charge in [0.25, 0.3) is 0 Å². The molecule has 0 saturated heterocycles. The minimum atomic E-state index is 0.569. The van der Waals surface area contributed by atoms with Crippen molar-refractivity contribution in [2.75, 3.05) is 0 Å². The molecule has 0 aliphatic heterocycles. The molecule has 0 spiro atoms. The Kier molecular flexibility index (Phi) is 2.18. The van der Waals surface area contributed by atoms with Gasteiger partial charge in [-0.05, 0) is 25.3 Å². The lowest BCUT2D eigenvalue weighted by atomic mass is 10.3. The third-order valence-corrected chi connectivity index (χ3v) is 4.17. The van der Waals surface area contributed by atoms with Gasteiger partial charge < -0.3 is 0 Å². The Hall–Kier alpha value is -0.670. The predicted octanol–water partition coefficient (Wildman–Crippen LogP) is 3.78. The van der Waals surface area contributed by atoms with Crippen LogP contribution in [0.4, 0.5) is 0 Å². The zero-order valence-corrected chi connectivity index (χ0v) is 10.0. The average molecular weight is 239 g/mol. The largest absolute Gasteiger partial charge is 0.222 e. The lowest BCUT2D eigenvalue weighted by molar-refractivity contribution is 0.951. The number of hydrogen-bond donors (Lipinski definition) is 0. The highest BCUT2D eigenvalue weighted by Gasteiger charge is 2.27. The van der Waals surface area contributed by atoms with Crippen molar-refractivity contribution in [1.29, 1.82) is 0 Å². The molecule has 4 heteroatoms. The lowest BCUT2D eigenvalue weighted by Gasteiger charge is -1.97. The van der Waals surface area contributed by atoms with E-state index in [1.54, 1.807) is 11.3 Å². The number of halogens is 1. The van der Waals surface area contributed by atoms with Crippen molar-refractivity contribution >= 4 is 33.2 Å². The molecule has 0 amide bonds. The minimum absolute atomic E-state index is 0.569. The number of rotatable bonds is 2. The van der Waals surface area contributed by atoms with Crippen molar-refractivity contribution in [1.82, 2.24) is 9.97 Å². The molecule has 2 aromatic rings. The summed E-state index contributed by atoms with van der Waals surface area (Å²) >= 11 is 7.90. The van der Waals surface area contributed by atoms with E-state index in [2.05, 4.69) is 23.0 Å². The van der Waals surface area contributed by atoms with E-state index in [0.29, 0.717) is 11.1 Å². The Bertz CT molecular complexity index is 517. The van der Waals surface area contributed by atoms with Crippen molar-refractivity contribution < 1.29 is 0 Å². The molecule has 1 aliphatic rings. The average Bonchev–Trinajstić information content (AvgIpc) is 2.98. The van der Waals surface area contributed by atoms with Crippen LogP contribution >= 0.6 is 22.9 Å². The second-order valence-electron chi connectivity index (χ2n) is 3.93. The van der Waals surface area contributed by atoms with Crippen molar-refractivity contribution in [3.8, 4) is 0 Å². The highest BCUT2D eigenvalue weighted by atomic mass is 35.5. The molecule has 15 heavy (non-hydrogen) atoms. The third-order valence-electron chi connectivity index (χ3n) is 2.71. The van der Waals surface area contributed by atoms with Gasteiger partial charge in [0.15, 0.2) is 0 Å². The molecular weight excluding hydrogens is 228 g/mol. The van der Waals surface area contributed by atoms with Crippen LogP contribution in [0.15, 0.2) is 6.07 Å². The van der Waals surface area contributed by atoms with E-state index >= 15 is 0 Å². The number of hydrogen-bond acceptors (Lipinski definition) is 3. The summed E-state index contributed by atoms with van der Waals surface area (Å²) in [6.07, 6.45) is 3.47. The molecule has 2 heterocycles. The Balaban J connectivity index is 2.20. The summed E-state index contributed by atoms with van der Waals surface area (Å²) in [4.78, 5) is 11.3. The number of fused-ring (bicyclic) bond motifs is 1. The Labute approximate surface area is 97.3 Å². The van der Waals surface area contributed by atoms with E-state index in [1.165, 1.54) is 17.7 Å². The first-order valence-electron chi connectivity index (χ1n) is 5.23. The first-order chi connectivity index (χ1) is 7.28. The normalized spacial score (nSPS) is 16.1. The van der Waals surface area contributed by atoms with Crippen LogP contribution in [0.5, 0.6) is 0 Å². The number of nitrogens with zero attached hydrogens (tertiary/aromatic N) is 2. The maximum absolute atomic E-state index is 6.16. The molecule has 2 aromatic heterocycles. The summed E-state index contributed by atoms with van der Waals surface area (Å²) in [5, 5.41) is 1.64. The highest BCUT2D eigenvalue weighted by molar-refractivity contribution is 7.18. The smallest absolute Gasteiger partial charge is 0.141 e. The van der Waals surface area contributed by atoms with Crippen LogP contribution in [-0.2, 0) is 6.42 Å². The van der Waals surface area contributed by atoms with E-state index < -0.39 is 0 Å². The minimum Gasteiger partial charge on any atom is -0.222 e. The summed E-state index contributed by atoms with van der Waals surface area (Å²) in [6.45, 7) is 2.15. The fraction of sp³-hybridized carbons (Fsp3) is 0.455. The second-order valence-corrected chi connectivity index (χ2v) is 5.41. The van der Waals surface area contributed by atoms with E-state index in [4.69, 9.17) is 11.6 Å². The molecule has 0 aromatic carbocycles.